The molecule has 3 N–H and O–H groups in total. The van der Waals surface area contributed by atoms with Gasteiger partial charge in [0.1, 0.15) is 0 Å². The third kappa shape index (κ3) is 3.17. The van der Waals surface area contributed by atoms with E-state index in [1.54, 1.807) is 12.3 Å². The van der Waals surface area contributed by atoms with E-state index < -0.39 is 0 Å². The smallest absolute Gasteiger partial charge is 0.228 e. The molecule has 1 heterocycles. The Morgan fingerprint density at radius 2 is 2.00 bits per heavy atom. The van der Waals surface area contributed by atoms with Crippen molar-refractivity contribution in [2.75, 3.05) is 11.1 Å². The van der Waals surface area contributed by atoms with E-state index in [4.69, 9.17) is 5.73 Å². The predicted octanol–water partition coefficient (Wildman–Crippen LogP) is 3.00. The van der Waals surface area contributed by atoms with E-state index in [0.717, 1.165) is 22.2 Å². The molecule has 0 aliphatic heterocycles. The van der Waals surface area contributed by atoms with Crippen molar-refractivity contribution in [1.29, 1.82) is 0 Å². The Hall–Kier alpha value is -2.88. The molecule has 3 aromatic rings. The highest BCUT2D eigenvalue weighted by atomic mass is 16.1. The molecule has 4 heteroatoms. The molecule has 0 fully saturated rings. The van der Waals surface area contributed by atoms with Crippen molar-refractivity contribution in [2.24, 2.45) is 0 Å². The number of rotatable bonds is 3. The van der Waals surface area contributed by atoms with Crippen LogP contribution in [0.15, 0.2) is 60.8 Å². The summed E-state index contributed by atoms with van der Waals surface area (Å²) in [5, 5.41) is 3.89. The van der Waals surface area contributed by atoms with Crippen molar-refractivity contribution in [3.05, 3.63) is 66.4 Å². The highest BCUT2D eigenvalue weighted by Gasteiger charge is 2.05. The van der Waals surface area contributed by atoms with E-state index >= 15 is 0 Å². The lowest BCUT2D eigenvalue weighted by Crippen LogP contribution is -2.14. The van der Waals surface area contributed by atoms with Gasteiger partial charge >= 0.3 is 0 Å². The molecule has 0 spiro atoms. The summed E-state index contributed by atoms with van der Waals surface area (Å²) >= 11 is 0. The molecule has 0 aliphatic rings. The molecular formula is C17H15N3O. The van der Waals surface area contributed by atoms with Crippen LogP contribution in [0.4, 0.5) is 11.4 Å². The van der Waals surface area contributed by atoms with Gasteiger partial charge in [-0.15, -0.1) is 0 Å². The number of aromatic nitrogens is 1. The molecule has 0 bridgehead atoms. The van der Waals surface area contributed by atoms with Gasteiger partial charge in [-0.05, 0) is 42.0 Å². The first-order valence-electron chi connectivity index (χ1n) is 6.70. The van der Waals surface area contributed by atoms with E-state index in [0.29, 0.717) is 12.1 Å². The van der Waals surface area contributed by atoms with Crippen LogP contribution in [0.25, 0.3) is 10.9 Å². The summed E-state index contributed by atoms with van der Waals surface area (Å²) in [6, 6.07) is 16.9. The number of pyridine rings is 1. The normalized spacial score (nSPS) is 10.5. The maximum Gasteiger partial charge on any atom is 0.228 e. The Kier molecular flexibility index (Phi) is 3.51. The van der Waals surface area contributed by atoms with E-state index in [2.05, 4.69) is 10.3 Å². The number of amides is 1. The summed E-state index contributed by atoms with van der Waals surface area (Å²) in [5.41, 5.74) is 8.95. The Morgan fingerprint density at radius 1 is 1.10 bits per heavy atom. The summed E-state index contributed by atoms with van der Waals surface area (Å²) in [4.78, 5) is 16.3. The maximum atomic E-state index is 12.1. The molecule has 4 nitrogen and oxygen atoms in total. The minimum atomic E-state index is -0.0659. The van der Waals surface area contributed by atoms with Crippen molar-refractivity contribution >= 4 is 28.2 Å². The predicted molar refractivity (Wildman–Crippen MR) is 84.9 cm³/mol. The third-order valence-electron chi connectivity index (χ3n) is 3.20. The molecule has 3 rings (SSSR count). The first kappa shape index (κ1) is 13.1. The van der Waals surface area contributed by atoms with Crippen LogP contribution >= 0.6 is 0 Å². The number of hydrogen-bond acceptors (Lipinski definition) is 3. The van der Waals surface area contributed by atoms with E-state index in [9.17, 15) is 4.79 Å². The number of hydrogen-bond donors (Lipinski definition) is 2. The summed E-state index contributed by atoms with van der Waals surface area (Å²) in [5.74, 6) is -0.0659. The van der Waals surface area contributed by atoms with Gasteiger partial charge in [0, 0.05) is 23.0 Å². The van der Waals surface area contributed by atoms with Gasteiger partial charge in [-0.2, -0.15) is 0 Å². The molecule has 0 saturated carbocycles. The highest BCUT2D eigenvalue weighted by molar-refractivity contribution is 5.94. The Labute approximate surface area is 122 Å². The average molecular weight is 277 g/mol. The van der Waals surface area contributed by atoms with Crippen LogP contribution in [0.3, 0.4) is 0 Å². The SMILES string of the molecule is Nc1cccc(CC(=O)Nc2ccc3ncccc3c2)c1. The van der Waals surface area contributed by atoms with Gasteiger partial charge in [0.25, 0.3) is 0 Å². The summed E-state index contributed by atoms with van der Waals surface area (Å²) in [6.45, 7) is 0. The standard InChI is InChI=1S/C17H15N3O/c18-14-5-1-3-12(9-14)10-17(21)20-15-6-7-16-13(11-15)4-2-8-19-16/h1-9,11H,10,18H2,(H,20,21). The van der Waals surface area contributed by atoms with Gasteiger partial charge in [0.15, 0.2) is 0 Å². The molecule has 0 saturated heterocycles. The number of carbonyl (C=O) groups excluding carboxylic acids is 1. The van der Waals surface area contributed by atoms with E-state index in [1.165, 1.54) is 0 Å². The first-order valence-corrected chi connectivity index (χ1v) is 6.70. The molecule has 1 aromatic heterocycles. The molecule has 104 valence electrons. The molecule has 0 unspecified atom stereocenters. The van der Waals surface area contributed by atoms with Gasteiger partial charge in [0.2, 0.25) is 5.91 Å². The van der Waals surface area contributed by atoms with Crippen LogP contribution in [0.2, 0.25) is 0 Å². The second kappa shape index (κ2) is 5.63. The lowest BCUT2D eigenvalue weighted by atomic mass is 10.1. The fourth-order valence-electron chi connectivity index (χ4n) is 2.25. The monoisotopic (exact) mass is 277 g/mol. The number of nitrogens with zero attached hydrogens (tertiary/aromatic N) is 1. The number of anilines is 2. The quantitative estimate of drug-likeness (QED) is 0.723. The van der Waals surface area contributed by atoms with E-state index in [1.807, 2.05) is 48.5 Å². The van der Waals surface area contributed by atoms with Crippen LogP contribution in [0.1, 0.15) is 5.56 Å². The van der Waals surface area contributed by atoms with Crippen LogP contribution in [0, 0.1) is 0 Å². The van der Waals surface area contributed by atoms with Crippen molar-refractivity contribution in [2.45, 2.75) is 6.42 Å². The Bertz CT molecular complexity index is 799. The fourth-order valence-corrected chi connectivity index (χ4v) is 2.25. The molecule has 0 aliphatic carbocycles. The summed E-state index contributed by atoms with van der Waals surface area (Å²) in [7, 11) is 0. The number of carbonyl (C=O) groups is 1. The summed E-state index contributed by atoms with van der Waals surface area (Å²) in [6.07, 6.45) is 2.05. The molecule has 0 atom stereocenters. The minimum Gasteiger partial charge on any atom is -0.399 e. The number of nitrogens with two attached hydrogens (primary N) is 1. The minimum absolute atomic E-state index is 0.0659. The number of fused-ring (bicyclic) bond motifs is 1. The van der Waals surface area contributed by atoms with Crippen molar-refractivity contribution in [1.82, 2.24) is 4.98 Å². The molecule has 2 aromatic carbocycles. The van der Waals surface area contributed by atoms with Gasteiger partial charge < -0.3 is 11.1 Å². The number of nitrogen functional groups attached to an aromatic ring is 1. The maximum absolute atomic E-state index is 12.1. The fraction of sp³-hybridized carbons (Fsp3) is 0.0588. The Morgan fingerprint density at radius 3 is 2.86 bits per heavy atom. The molecule has 1 amide bonds. The highest BCUT2D eigenvalue weighted by Crippen LogP contribution is 2.17. The largest absolute Gasteiger partial charge is 0.399 e. The zero-order valence-corrected chi connectivity index (χ0v) is 11.4. The van der Waals surface area contributed by atoms with Gasteiger partial charge in [-0.3, -0.25) is 9.78 Å². The molecule has 0 radical (unpaired) electrons. The summed E-state index contributed by atoms with van der Waals surface area (Å²) < 4.78 is 0. The molecule has 21 heavy (non-hydrogen) atoms. The van der Waals surface area contributed by atoms with E-state index in [-0.39, 0.29) is 5.91 Å². The Balaban J connectivity index is 1.74. The van der Waals surface area contributed by atoms with Crippen LogP contribution in [-0.2, 0) is 11.2 Å². The zero-order chi connectivity index (χ0) is 14.7. The van der Waals surface area contributed by atoms with Crippen molar-refractivity contribution < 1.29 is 4.79 Å². The lowest BCUT2D eigenvalue weighted by Gasteiger charge is -2.07. The number of benzene rings is 2. The molecular weight excluding hydrogens is 262 g/mol. The first-order chi connectivity index (χ1) is 10.2. The van der Waals surface area contributed by atoms with Crippen molar-refractivity contribution in [3.63, 3.8) is 0 Å². The van der Waals surface area contributed by atoms with Gasteiger partial charge in [-0.25, -0.2) is 0 Å². The van der Waals surface area contributed by atoms with Crippen LogP contribution in [0.5, 0.6) is 0 Å². The third-order valence-corrected chi connectivity index (χ3v) is 3.20. The zero-order valence-electron chi connectivity index (χ0n) is 11.4. The average Bonchev–Trinajstić information content (AvgIpc) is 2.47. The number of nitrogens with one attached hydrogen (secondary N) is 1. The van der Waals surface area contributed by atoms with Crippen LogP contribution in [-0.4, -0.2) is 10.9 Å². The topological polar surface area (TPSA) is 68.0 Å². The van der Waals surface area contributed by atoms with Crippen LogP contribution < -0.4 is 11.1 Å². The van der Waals surface area contributed by atoms with Crippen molar-refractivity contribution in [3.8, 4) is 0 Å². The second-order valence-electron chi connectivity index (χ2n) is 4.88. The van der Waals surface area contributed by atoms with Gasteiger partial charge in [-0.1, -0.05) is 18.2 Å². The lowest BCUT2D eigenvalue weighted by molar-refractivity contribution is -0.115. The van der Waals surface area contributed by atoms with Gasteiger partial charge in [0.05, 0.1) is 11.9 Å². The second-order valence-corrected chi connectivity index (χ2v) is 4.88.